The topological polar surface area (TPSA) is 88.2 Å². The first-order valence-electron chi connectivity index (χ1n) is 7.78. The molecule has 1 heterocycles. The van der Waals surface area contributed by atoms with Gasteiger partial charge in [0.2, 0.25) is 10.0 Å². The highest BCUT2D eigenvalue weighted by Crippen LogP contribution is 2.14. The molecule has 1 aliphatic carbocycles. The van der Waals surface area contributed by atoms with Crippen LogP contribution in [0.25, 0.3) is 0 Å². The number of hydrogen-bond donors (Lipinski definition) is 2. The molecule has 0 spiro atoms. The summed E-state index contributed by atoms with van der Waals surface area (Å²) in [6.45, 7) is 0. The zero-order chi connectivity index (χ0) is 18.6. The van der Waals surface area contributed by atoms with Crippen LogP contribution in [-0.4, -0.2) is 25.4 Å². The number of rotatable bonds is 6. The van der Waals surface area contributed by atoms with Crippen LogP contribution in [0.1, 0.15) is 16.1 Å². The van der Waals surface area contributed by atoms with Crippen molar-refractivity contribution in [2.75, 3.05) is 0 Å². The summed E-state index contributed by atoms with van der Waals surface area (Å²) < 4.78 is 28.1. The van der Waals surface area contributed by atoms with E-state index in [-0.39, 0.29) is 11.7 Å². The van der Waals surface area contributed by atoms with Crippen LogP contribution in [0.4, 0.5) is 0 Å². The molecule has 0 saturated heterocycles. The number of sulfonamides is 1. The molecule has 2 aromatic rings. The van der Waals surface area contributed by atoms with E-state index in [4.69, 9.17) is 0 Å². The molecule has 1 aromatic heterocycles. The van der Waals surface area contributed by atoms with Gasteiger partial charge in [0.15, 0.2) is 0 Å². The molecule has 26 heavy (non-hydrogen) atoms. The highest BCUT2D eigenvalue weighted by molar-refractivity contribution is 9.10. The maximum atomic E-state index is 12.3. The van der Waals surface area contributed by atoms with Crippen molar-refractivity contribution >= 4 is 31.9 Å². The van der Waals surface area contributed by atoms with Gasteiger partial charge in [0, 0.05) is 16.4 Å². The molecule has 0 radical (unpaired) electrons. The maximum Gasteiger partial charge on any atom is 0.274 e. The minimum atomic E-state index is -3.52. The summed E-state index contributed by atoms with van der Waals surface area (Å²) in [6.07, 6.45) is 6.51. The van der Waals surface area contributed by atoms with Crippen LogP contribution in [-0.2, 0) is 15.8 Å². The summed E-state index contributed by atoms with van der Waals surface area (Å²) in [5.41, 5.74) is 1.51. The molecule has 2 N–H and O–H groups in total. The summed E-state index contributed by atoms with van der Waals surface area (Å²) in [7, 11) is -3.52. The Hall–Kier alpha value is -2.29. The second-order valence-electron chi connectivity index (χ2n) is 5.68. The van der Waals surface area contributed by atoms with Gasteiger partial charge in [0.05, 0.1) is 11.8 Å². The smallest absolute Gasteiger partial charge is 0.274 e. The van der Waals surface area contributed by atoms with Gasteiger partial charge in [-0.25, -0.2) is 13.1 Å². The van der Waals surface area contributed by atoms with Crippen molar-refractivity contribution in [2.24, 2.45) is 0 Å². The van der Waals surface area contributed by atoms with E-state index in [0.29, 0.717) is 17.0 Å². The molecule has 1 aromatic carbocycles. The van der Waals surface area contributed by atoms with Crippen LogP contribution in [0.15, 0.2) is 77.1 Å². The monoisotopic (exact) mass is 433 g/mol. The van der Waals surface area contributed by atoms with E-state index >= 15 is 0 Å². The summed E-state index contributed by atoms with van der Waals surface area (Å²) in [5, 5.41) is 2.70. The predicted octanol–water partition coefficient (Wildman–Crippen LogP) is 2.52. The SMILES string of the molecule is O=C(NC1=CC(NS(=O)(=O)Cc2ccc(Br)cc2)C=C1)c1ccccn1. The van der Waals surface area contributed by atoms with Crippen LogP contribution in [0, 0.1) is 0 Å². The lowest BCUT2D eigenvalue weighted by molar-refractivity contribution is 0.0962. The Bertz CT molecular complexity index is 955. The van der Waals surface area contributed by atoms with Crippen LogP contribution < -0.4 is 10.0 Å². The maximum absolute atomic E-state index is 12.3. The van der Waals surface area contributed by atoms with E-state index in [1.165, 1.54) is 6.20 Å². The molecule has 0 bridgehead atoms. The van der Waals surface area contributed by atoms with Crippen molar-refractivity contribution in [1.82, 2.24) is 15.0 Å². The molecular formula is C18H16BrN3O3S. The van der Waals surface area contributed by atoms with Crippen molar-refractivity contribution in [3.05, 3.63) is 88.3 Å². The van der Waals surface area contributed by atoms with E-state index in [0.717, 1.165) is 4.47 Å². The largest absolute Gasteiger partial charge is 0.321 e. The molecular weight excluding hydrogens is 418 g/mol. The predicted molar refractivity (Wildman–Crippen MR) is 103 cm³/mol. The third-order valence-corrected chi connectivity index (χ3v) is 5.46. The van der Waals surface area contributed by atoms with Gasteiger partial charge in [-0.3, -0.25) is 9.78 Å². The molecule has 0 aliphatic heterocycles. The fourth-order valence-corrected chi connectivity index (χ4v) is 3.95. The fraction of sp³-hybridized carbons (Fsp3) is 0.111. The molecule has 134 valence electrons. The van der Waals surface area contributed by atoms with E-state index in [9.17, 15) is 13.2 Å². The summed E-state index contributed by atoms with van der Waals surface area (Å²) in [6, 6.07) is 11.6. The number of benzene rings is 1. The molecule has 6 nitrogen and oxygen atoms in total. The summed E-state index contributed by atoms with van der Waals surface area (Å²) >= 11 is 3.32. The van der Waals surface area contributed by atoms with Gasteiger partial charge >= 0.3 is 0 Å². The lowest BCUT2D eigenvalue weighted by Gasteiger charge is -2.10. The standard InChI is InChI=1S/C18H16BrN3O3S/c19-14-6-4-13(5-7-14)12-26(24,25)22-16-9-8-15(11-16)21-18(23)17-3-1-2-10-20-17/h1-11,16,22H,12H2,(H,21,23). The minimum Gasteiger partial charge on any atom is -0.321 e. The van der Waals surface area contributed by atoms with Gasteiger partial charge < -0.3 is 5.32 Å². The van der Waals surface area contributed by atoms with Gasteiger partial charge in [0.25, 0.3) is 5.91 Å². The van der Waals surface area contributed by atoms with Crippen molar-refractivity contribution in [3.8, 4) is 0 Å². The van der Waals surface area contributed by atoms with Gasteiger partial charge in [-0.15, -0.1) is 0 Å². The fourth-order valence-electron chi connectivity index (χ4n) is 2.41. The van der Waals surface area contributed by atoms with E-state index < -0.39 is 16.1 Å². The van der Waals surface area contributed by atoms with Crippen molar-refractivity contribution in [1.29, 1.82) is 0 Å². The number of nitrogens with one attached hydrogen (secondary N) is 2. The second kappa shape index (κ2) is 7.94. The number of allylic oxidation sites excluding steroid dienone is 1. The zero-order valence-electron chi connectivity index (χ0n) is 13.6. The van der Waals surface area contributed by atoms with Crippen molar-refractivity contribution < 1.29 is 13.2 Å². The molecule has 1 atom stereocenters. The molecule has 1 unspecified atom stereocenters. The number of hydrogen-bond acceptors (Lipinski definition) is 4. The molecule has 1 amide bonds. The molecule has 0 fully saturated rings. The van der Waals surface area contributed by atoms with Gasteiger partial charge in [0.1, 0.15) is 5.69 Å². The van der Waals surface area contributed by atoms with Crippen LogP contribution in [0.5, 0.6) is 0 Å². The second-order valence-corrected chi connectivity index (χ2v) is 8.35. The Morgan fingerprint density at radius 2 is 1.92 bits per heavy atom. The number of aromatic nitrogens is 1. The van der Waals surface area contributed by atoms with Gasteiger partial charge in [-0.2, -0.15) is 0 Å². The van der Waals surface area contributed by atoms with Crippen molar-refractivity contribution in [3.63, 3.8) is 0 Å². The Morgan fingerprint density at radius 3 is 2.62 bits per heavy atom. The summed E-state index contributed by atoms with van der Waals surface area (Å²) in [4.78, 5) is 16.0. The number of pyridine rings is 1. The molecule has 3 rings (SSSR count). The van der Waals surface area contributed by atoms with Gasteiger partial charge in [-0.1, -0.05) is 40.2 Å². The first kappa shape index (κ1) is 18.5. The average molecular weight is 434 g/mol. The number of nitrogens with zero attached hydrogens (tertiary/aromatic N) is 1. The van der Waals surface area contributed by atoms with Crippen LogP contribution >= 0.6 is 15.9 Å². The highest BCUT2D eigenvalue weighted by Gasteiger charge is 2.19. The Balaban J connectivity index is 1.60. The normalized spacial score (nSPS) is 16.3. The molecule has 8 heteroatoms. The Labute approximate surface area is 160 Å². The highest BCUT2D eigenvalue weighted by atomic mass is 79.9. The average Bonchev–Trinajstić information content (AvgIpc) is 3.03. The molecule has 1 aliphatic rings. The zero-order valence-corrected chi connectivity index (χ0v) is 16.0. The lowest BCUT2D eigenvalue weighted by Crippen LogP contribution is -2.32. The van der Waals surface area contributed by atoms with Gasteiger partial charge in [-0.05, 0) is 42.0 Å². The van der Waals surface area contributed by atoms with E-state index in [1.807, 2.05) is 0 Å². The number of carbonyl (C=O) groups excluding carboxylic acids is 1. The number of halogens is 1. The van der Waals surface area contributed by atoms with Crippen molar-refractivity contribution in [2.45, 2.75) is 11.8 Å². The number of carbonyl (C=O) groups is 1. The van der Waals surface area contributed by atoms with E-state index in [2.05, 4.69) is 31.0 Å². The first-order chi connectivity index (χ1) is 12.4. The first-order valence-corrected chi connectivity index (χ1v) is 10.2. The van der Waals surface area contributed by atoms with Crippen LogP contribution in [0.3, 0.4) is 0 Å². The minimum absolute atomic E-state index is 0.117. The molecule has 0 saturated carbocycles. The lowest BCUT2D eigenvalue weighted by atomic mass is 10.2. The Kier molecular flexibility index (Phi) is 5.65. The van der Waals surface area contributed by atoms with Crippen LogP contribution in [0.2, 0.25) is 0 Å². The third kappa shape index (κ3) is 5.10. The quantitative estimate of drug-likeness (QED) is 0.732. The number of amides is 1. The third-order valence-electron chi connectivity index (χ3n) is 3.58. The Morgan fingerprint density at radius 1 is 1.15 bits per heavy atom. The summed E-state index contributed by atoms with van der Waals surface area (Å²) in [5.74, 6) is -0.464. The van der Waals surface area contributed by atoms with E-state index in [1.54, 1.807) is 60.7 Å².